The van der Waals surface area contributed by atoms with Gasteiger partial charge in [-0.1, -0.05) is 48.5 Å². The molecule has 0 aliphatic heterocycles. The van der Waals surface area contributed by atoms with E-state index in [0.29, 0.717) is 18.7 Å². The van der Waals surface area contributed by atoms with Crippen molar-refractivity contribution >= 4 is 28.3 Å². The number of amides is 1. The normalized spacial score (nSPS) is 10.4. The van der Waals surface area contributed by atoms with Gasteiger partial charge in [0, 0.05) is 36.6 Å². The number of carboxylic acids is 1. The van der Waals surface area contributed by atoms with Gasteiger partial charge < -0.3 is 14.9 Å². The van der Waals surface area contributed by atoms with Crippen LogP contribution in [0.25, 0.3) is 11.3 Å². The Kier molecular flexibility index (Phi) is 6.98. The molecule has 0 aliphatic carbocycles. The minimum atomic E-state index is -1.04. The molecule has 1 heterocycles. The second-order valence-corrected chi connectivity index (χ2v) is 7.64. The van der Waals surface area contributed by atoms with E-state index in [1.807, 2.05) is 53.9 Å². The van der Waals surface area contributed by atoms with Crippen LogP contribution in [0, 0.1) is 0 Å². The van der Waals surface area contributed by atoms with Crippen molar-refractivity contribution in [2.75, 3.05) is 25.0 Å². The molecule has 0 fully saturated rings. The van der Waals surface area contributed by atoms with E-state index in [1.165, 1.54) is 11.9 Å². The van der Waals surface area contributed by atoms with Gasteiger partial charge in [0.25, 0.3) is 5.91 Å². The summed E-state index contributed by atoms with van der Waals surface area (Å²) in [6.07, 6.45) is 1.84. The molecule has 2 aromatic carbocycles. The van der Waals surface area contributed by atoms with Crippen molar-refractivity contribution in [2.24, 2.45) is 0 Å². The van der Waals surface area contributed by atoms with Gasteiger partial charge in [-0.05, 0) is 17.7 Å². The van der Waals surface area contributed by atoms with Crippen molar-refractivity contribution in [2.45, 2.75) is 6.54 Å². The Morgan fingerprint density at radius 1 is 1.13 bits per heavy atom. The second kappa shape index (κ2) is 9.84. The Morgan fingerprint density at radius 3 is 2.47 bits per heavy atom. The fraction of sp³-hybridized carbons (Fsp3) is 0.174. The van der Waals surface area contributed by atoms with Crippen LogP contribution in [0.5, 0.6) is 0 Å². The average Bonchev–Trinajstić information content (AvgIpc) is 3.24. The number of carbonyl (C=O) groups excluding carboxylic acids is 1. The first-order valence-corrected chi connectivity index (χ1v) is 10.3. The van der Waals surface area contributed by atoms with Gasteiger partial charge in [0.1, 0.15) is 6.54 Å². The molecule has 0 bridgehead atoms. The summed E-state index contributed by atoms with van der Waals surface area (Å²) in [5, 5.41) is 11.8. The summed E-state index contributed by atoms with van der Waals surface area (Å²) in [7, 11) is 1.48. The lowest BCUT2D eigenvalue weighted by molar-refractivity contribution is -0.137. The van der Waals surface area contributed by atoms with E-state index in [1.54, 1.807) is 23.5 Å². The number of likely N-dealkylation sites (N-methyl/N-ethyl adjacent to an activating group) is 1. The topological polar surface area (TPSA) is 73.7 Å². The van der Waals surface area contributed by atoms with Gasteiger partial charge in [0.05, 0.1) is 5.69 Å². The van der Waals surface area contributed by atoms with Gasteiger partial charge in [-0.25, -0.2) is 4.98 Å². The molecule has 1 aromatic heterocycles. The molecule has 1 amide bonds. The van der Waals surface area contributed by atoms with Gasteiger partial charge in [0.15, 0.2) is 5.13 Å². The molecule has 0 unspecified atom stereocenters. The van der Waals surface area contributed by atoms with Gasteiger partial charge >= 0.3 is 5.97 Å². The molecule has 0 spiro atoms. The minimum absolute atomic E-state index is 0.320. The second-order valence-electron chi connectivity index (χ2n) is 6.80. The van der Waals surface area contributed by atoms with Gasteiger partial charge in [-0.3, -0.25) is 9.59 Å². The molecule has 3 aromatic rings. The molecule has 7 heteroatoms. The van der Waals surface area contributed by atoms with Crippen LogP contribution < -0.4 is 4.90 Å². The third-order valence-electron chi connectivity index (χ3n) is 4.48. The molecule has 1 N–H and O–H groups in total. The first-order chi connectivity index (χ1) is 14.5. The summed E-state index contributed by atoms with van der Waals surface area (Å²) >= 11 is 1.58. The highest BCUT2D eigenvalue weighted by atomic mass is 32.1. The van der Waals surface area contributed by atoms with Crippen LogP contribution in [0.4, 0.5) is 5.13 Å². The Bertz CT molecular complexity index is 1020. The van der Waals surface area contributed by atoms with Crippen LogP contribution in [0.2, 0.25) is 0 Å². The molecule has 30 heavy (non-hydrogen) atoms. The number of benzene rings is 2. The predicted molar refractivity (Wildman–Crippen MR) is 120 cm³/mol. The maximum atomic E-state index is 12.3. The van der Waals surface area contributed by atoms with E-state index in [-0.39, 0.29) is 12.5 Å². The summed E-state index contributed by atoms with van der Waals surface area (Å²) in [5.74, 6) is -1.36. The average molecular weight is 422 g/mol. The molecule has 154 valence electrons. The van der Waals surface area contributed by atoms with Crippen LogP contribution in [0.15, 0.2) is 72.6 Å². The maximum Gasteiger partial charge on any atom is 0.323 e. The number of hydrogen-bond donors (Lipinski definition) is 1. The summed E-state index contributed by atoms with van der Waals surface area (Å²) in [6, 6.07) is 17.2. The fourth-order valence-electron chi connectivity index (χ4n) is 2.99. The summed E-state index contributed by atoms with van der Waals surface area (Å²) < 4.78 is 0. The fourth-order valence-corrected chi connectivity index (χ4v) is 3.83. The molecule has 0 atom stereocenters. The smallest absolute Gasteiger partial charge is 0.323 e. The Labute approximate surface area is 179 Å². The predicted octanol–water partition coefficient (Wildman–Crippen LogP) is 4.16. The highest BCUT2D eigenvalue weighted by molar-refractivity contribution is 7.14. The van der Waals surface area contributed by atoms with E-state index >= 15 is 0 Å². The SMILES string of the molecule is C=CCN(Cc1ccc(C(=O)N(C)CC(=O)O)cc1)c1nc(-c2ccccc2)cs1. The highest BCUT2D eigenvalue weighted by Gasteiger charge is 2.15. The maximum absolute atomic E-state index is 12.3. The summed E-state index contributed by atoms with van der Waals surface area (Å²) in [5.41, 5.74) is 3.49. The Balaban J connectivity index is 1.73. The van der Waals surface area contributed by atoms with Crippen LogP contribution >= 0.6 is 11.3 Å². The number of carbonyl (C=O) groups is 2. The van der Waals surface area contributed by atoms with Crippen LogP contribution in [0.1, 0.15) is 15.9 Å². The first-order valence-electron chi connectivity index (χ1n) is 9.41. The third-order valence-corrected chi connectivity index (χ3v) is 5.38. The van der Waals surface area contributed by atoms with E-state index in [2.05, 4.69) is 11.5 Å². The molecule has 0 saturated carbocycles. The van der Waals surface area contributed by atoms with Crippen molar-refractivity contribution in [3.05, 3.63) is 83.8 Å². The molecule has 0 aliphatic rings. The van der Waals surface area contributed by atoms with Crippen molar-refractivity contribution in [3.8, 4) is 11.3 Å². The minimum Gasteiger partial charge on any atom is -0.480 e. The van der Waals surface area contributed by atoms with Crippen LogP contribution in [-0.4, -0.2) is 47.0 Å². The number of carboxylic acid groups (broad SMARTS) is 1. The van der Waals surface area contributed by atoms with Crippen molar-refractivity contribution in [3.63, 3.8) is 0 Å². The summed E-state index contributed by atoms with van der Waals surface area (Å²) in [6.45, 7) is 4.78. The zero-order valence-corrected chi connectivity index (χ0v) is 17.5. The standard InChI is InChI=1S/C23H23N3O3S/c1-3-13-26(23-24-20(16-30-23)18-7-5-4-6-8-18)14-17-9-11-19(12-10-17)22(29)25(2)15-21(27)28/h3-12,16H,1,13-15H2,2H3,(H,27,28). The molecule has 0 saturated heterocycles. The van der Waals surface area contributed by atoms with Crippen LogP contribution in [0.3, 0.4) is 0 Å². The monoisotopic (exact) mass is 421 g/mol. The molecular formula is C23H23N3O3S. The number of rotatable bonds is 9. The lowest BCUT2D eigenvalue weighted by Gasteiger charge is -2.20. The molecule has 3 rings (SSSR count). The van der Waals surface area contributed by atoms with E-state index < -0.39 is 5.97 Å². The van der Waals surface area contributed by atoms with Gasteiger partial charge in [-0.2, -0.15) is 0 Å². The largest absolute Gasteiger partial charge is 0.480 e. The molecular weight excluding hydrogens is 398 g/mol. The molecule has 6 nitrogen and oxygen atoms in total. The number of aliphatic carboxylic acids is 1. The van der Waals surface area contributed by atoms with E-state index in [9.17, 15) is 9.59 Å². The molecule has 0 radical (unpaired) electrons. The van der Waals surface area contributed by atoms with Gasteiger partial charge in [-0.15, -0.1) is 17.9 Å². The first kappa shape index (κ1) is 21.3. The van der Waals surface area contributed by atoms with Crippen molar-refractivity contribution < 1.29 is 14.7 Å². The lowest BCUT2D eigenvalue weighted by atomic mass is 10.1. The van der Waals surface area contributed by atoms with Gasteiger partial charge in [0.2, 0.25) is 0 Å². The zero-order chi connectivity index (χ0) is 21.5. The Hall–Kier alpha value is -3.45. The quantitative estimate of drug-likeness (QED) is 0.525. The third kappa shape index (κ3) is 5.33. The number of anilines is 1. The number of aromatic nitrogens is 1. The zero-order valence-electron chi connectivity index (χ0n) is 16.7. The number of hydrogen-bond acceptors (Lipinski definition) is 5. The number of nitrogens with zero attached hydrogens (tertiary/aromatic N) is 3. The lowest BCUT2D eigenvalue weighted by Crippen LogP contribution is -2.31. The Morgan fingerprint density at radius 2 is 1.83 bits per heavy atom. The van der Waals surface area contributed by atoms with Crippen molar-refractivity contribution in [1.82, 2.24) is 9.88 Å². The number of thiazole rings is 1. The van der Waals surface area contributed by atoms with E-state index in [0.717, 1.165) is 22.0 Å². The van der Waals surface area contributed by atoms with Crippen molar-refractivity contribution in [1.29, 1.82) is 0 Å². The van der Waals surface area contributed by atoms with Crippen LogP contribution in [-0.2, 0) is 11.3 Å². The highest BCUT2D eigenvalue weighted by Crippen LogP contribution is 2.28. The van der Waals surface area contributed by atoms with E-state index in [4.69, 9.17) is 10.1 Å². The summed E-state index contributed by atoms with van der Waals surface area (Å²) in [4.78, 5) is 31.2.